The van der Waals surface area contributed by atoms with Gasteiger partial charge in [-0.3, -0.25) is 0 Å². The molecule has 0 amide bonds. The summed E-state index contributed by atoms with van der Waals surface area (Å²) in [5, 5.41) is 0. The number of hydrogen-bond donors (Lipinski definition) is 0. The number of ether oxygens (including phenoxy) is 1. The fourth-order valence-electron chi connectivity index (χ4n) is 4.34. The van der Waals surface area contributed by atoms with E-state index in [1.54, 1.807) is 5.57 Å². The maximum absolute atomic E-state index is 6.00. The highest BCUT2D eigenvalue weighted by Crippen LogP contribution is 2.42. The Morgan fingerprint density at radius 1 is 0.722 bits per heavy atom. The SMILES string of the molecule is C1CCC(C(=C2CCCO2)C2CCCCC2)CC1. The zero-order valence-corrected chi connectivity index (χ0v) is 11.8. The third-order valence-corrected chi connectivity index (χ3v) is 5.24. The van der Waals surface area contributed by atoms with Crippen molar-refractivity contribution >= 4 is 0 Å². The van der Waals surface area contributed by atoms with E-state index >= 15 is 0 Å². The summed E-state index contributed by atoms with van der Waals surface area (Å²) in [5.74, 6) is 3.21. The van der Waals surface area contributed by atoms with Crippen LogP contribution in [0.2, 0.25) is 0 Å². The first-order valence-electron chi connectivity index (χ1n) is 8.31. The highest BCUT2D eigenvalue weighted by Gasteiger charge is 2.30. The molecule has 3 fully saturated rings. The lowest BCUT2D eigenvalue weighted by Gasteiger charge is -2.33. The van der Waals surface area contributed by atoms with Crippen molar-refractivity contribution in [2.75, 3.05) is 6.61 Å². The summed E-state index contributed by atoms with van der Waals surface area (Å²) in [6.07, 6.45) is 17.0. The van der Waals surface area contributed by atoms with Crippen LogP contribution in [0.4, 0.5) is 0 Å². The van der Waals surface area contributed by atoms with E-state index in [1.807, 2.05) is 0 Å². The van der Waals surface area contributed by atoms with E-state index < -0.39 is 0 Å². The Hall–Kier alpha value is -0.460. The lowest BCUT2D eigenvalue weighted by Crippen LogP contribution is -2.20. The lowest BCUT2D eigenvalue weighted by atomic mass is 9.73. The van der Waals surface area contributed by atoms with E-state index in [0.29, 0.717) is 0 Å². The van der Waals surface area contributed by atoms with Gasteiger partial charge in [-0.2, -0.15) is 0 Å². The summed E-state index contributed by atoms with van der Waals surface area (Å²) in [4.78, 5) is 0. The van der Waals surface area contributed by atoms with Crippen LogP contribution in [-0.2, 0) is 4.74 Å². The van der Waals surface area contributed by atoms with Gasteiger partial charge in [0.15, 0.2) is 0 Å². The quantitative estimate of drug-likeness (QED) is 0.651. The molecule has 2 saturated carbocycles. The monoisotopic (exact) mass is 248 g/mol. The minimum Gasteiger partial charge on any atom is -0.498 e. The van der Waals surface area contributed by atoms with Crippen molar-refractivity contribution in [3.8, 4) is 0 Å². The number of allylic oxidation sites excluding steroid dienone is 2. The van der Waals surface area contributed by atoms with Gasteiger partial charge in [-0.25, -0.2) is 0 Å². The van der Waals surface area contributed by atoms with Crippen LogP contribution in [0.5, 0.6) is 0 Å². The van der Waals surface area contributed by atoms with Gasteiger partial charge in [0.1, 0.15) is 0 Å². The summed E-state index contributed by atoms with van der Waals surface area (Å²) in [5.41, 5.74) is 1.80. The summed E-state index contributed by atoms with van der Waals surface area (Å²) in [6, 6.07) is 0. The van der Waals surface area contributed by atoms with Crippen LogP contribution in [0.3, 0.4) is 0 Å². The predicted octanol–water partition coefficient (Wildman–Crippen LogP) is 5.21. The molecule has 3 aliphatic rings. The molecule has 102 valence electrons. The summed E-state index contributed by atoms with van der Waals surface area (Å²) in [6.45, 7) is 0.984. The minimum absolute atomic E-state index is 0.884. The van der Waals surface area contributed by atoms with Crippen LogP contribution < -0.4 is 0 Å². The zero-order valence-electron chi connectivity index (χ0n) is 11.8. The van der Waals surface area contributed by atoms with Crippen LogP contribution in [0.25, 0.3) is 0 Å². The first-order chi connectivity index (χ1) is 8.95. The average Bonchev–Trinajstić information content (AvgIpc) is 2.95. The molecular formula is C17H28O. The van der Waals surface area contributed by atoms with E-state index in [4.69, 9.17) is 4.74 Å². The Morgan fingerprint density at radius 3 is 1.72 bits per heavy atom. The Kier molecular flexibility index (Phi) is 4.28. The molecule has 0 N–H and O–H groups in total. The average molecular weight is 248 g/mol. The molecule has 0 radical (unpaired) electrons. The van der Waals surface area contributed by atoms with Gasteiger partial charge in [0.05, 0.1) is 12.4 Å². The van der Waals surface area contributed by atoms with Gasteiger partial charge >= 0.3 is 0 Å². The highest BCUT2D eigenvalue weighted by molar-refractivity contribution is 5.18. The Labute approximate surface area is 112 Å². The standard InChI is InChI=1S/C17H28O/c1-3-8-14(9-4-1)17(16-12-7-13-18-16)15-10-5-2-6-11-15/h14-15H,1-13H2. The van der Waals surface area contributed by atoms with Crippen molar-refractivity contribution in [1.29, 1.82) is 0 Å². The van der Waals surface area contributed by atoms with Crippen molar-refractivity contribution < 1.29 is 4.74 Å². The first-order valence-corrected chi connectivity index (χ1v) is 8.31. The van der Waals surface area contributed by atoms with Crippen molar-refractivity contribution in [3.05, 3.63) is 11.3 Å². The third-order valence-electron chi connectivity index (χ3n) is 5.24. The predicted molar refractivity (Wildman–Crippen MR) is 75.4 cm³/mol. The van der Waals surface area contributed by atoms with Crippen LogP contribution in [0, 0.1) is 11.8 Å². The largest absolute Gasteiger partial charge is 0.498 e. The molecular weight excluding hydrogens is 220 g/mol. The molecule has 3 rings (SSSR count). The van der Waals surface area contributed by atoms with E-state index in [9.17, 15) is 0 Å². The fraction of sp³-hybridized carbons (Fsp3) is 0.882. The number of hydrogen-bond acceptors (Lipinski definition) is 1. The van der Waals surface area contributed by atoms with Gasteiger partial charge in [-0.15, -0.1) is 0 Å². The van der Waals surface area contributed by atoms with E-state index in [2.05, 4.69) is 0 Å². The Bertz CT molecular complexity index is 265. The highest BCUT2D eigenvalue weighted by atomic mass is 16.5. The zero-order chi connectivity index (χ0) is 12.2. The van der Waals surface area contributed by atoms with E-state index in [0.717, 1.165) is 18.4 Å². The third kappa shape index (κ3) is 2.75. The van der Waals surface area contributed by atoms with Crippen molar-refractivity contribution in [3.63, 3.8) is 0 Å². The number of rotatable bonds is 2. The molecule has 0 atom stereocenters. The van der Waals surface area contributed by atoms with Gasteiger partial charge in [-0.1, -0.05) is 38.5 Å². The van der Waals surface area contributed by atoms with Gasteiger partial charge in [-0.05, 0) is 49.5 Å². The second-order valence-corrected chi connectivity index (χ2v) is 6.50. The van der Waals surface area contributed by atoms with E-state index in [1.165, 1.54) is 82.8 Å². The molecule has 0 bridgehead atoms. The van der Waals surface area contributed by atoms with Crippen LogP contribution in [-0.4, -0.2) is 6.61 Å². The lowest BCUT2D eigenvalue weighted by molar-refractivity contribution is 0.235. The van der Waals surface area contributed by atoms with Gasteiger partial charge < -0.3 is 4.74 Å². The normalized spacial score (nSPS) is 27.2. The maximum atomic E-state index is 6.00. The van der Waals surface area contributed by atoms with E-state index in [-0.39, 0.29) is 0 Å². The Morgan fingerprint density at radius 2 is 1.28 bits per heavy atom. The molecule has 1 saturated heterocycles. The topological polar surface area (TPSA) is 9.23 Å². The molecule has 0 aromatic rings. The molecule has 2 aliphatic carbocycles. The van der Waals surface area contributed by atoms with Crippen molar-refractivity contribution in [2.24, 2.45) is 11.8 Å². The van der Waals surface area contributed by atoms with Gasteiger partial charge in [0.25, 0.3) is 0 Å². The van der Waals surface area contributed by atoms with Crippen LogP contribution in [0.15, 0.2) is 11.3 Å². The van der Waals surface area contributed by atoms with Crippen molar-refractivity contribution in [2.45, 2.75) is 77.0 Å². The van der Waals surface area contributed by atoms with Gasteiger partial charge in [0, 0.05) is 6.42 Å². The second kappa shape index (κ2) is 6.12. The minimum atomic E-state index is 0.884. The second-order valence-electron chi connectivity index (χ2n) is 6.50. The van der Waals surface area contributed by atoms with Crippen molar-refractivity contribution in [1.82, 2.24) is 0 Å². The fourth-order valence-corrected chi connectivity index (χ4v) is 4.34. The molecule has 0 unspecified atom stereocenters. The maximum Gasteiger partial charge on any atom is 0.0958 e. The molecule has 1 nitrogen and oxygen atoms in total. The summed E-state index contributed by atoms with van der Waals surface area (Å²) < 4.78 is 6.00. The smallest absolute Gasteiger partial charge is 0.0958 e. The van der Waals surface area contributed by atoms with Crippen LogP contribution >= 0.6 is 0 Å². The molecule has 1 aliphatic heterocycles. The molecule has 0 aromatic heterocycles. The summed E-state index contributed by atoms with van der Waals surface area (Å²) in [7, 11) is 0. The van der Waals surface area contributed by atoms with Crippen LogP contribution in [0.1, 0.15) is 77.0 Å². The Balaban J connectivity index is 1.80. The first kappa shape index (κ1) is 12.6. The van der Waals surface area contributed by atoms with Gasteiger partial charge in [0.2, 0.25) is 0 Å². The molecule has 0 aromatic carbocycles. The molecule has 1 heteroatoms. The summed E-state index contributed by atoms with van der Waals surface area (Å²) >= 11 is 0. The molecule has 1 heterocycles. The molecule has 0 spiro atoms. The molecule has 18 heavy (non-hydrogen) atoms.